The number of nitrogens with zero attached hydrogens (tertiary/aromatic N) is 1. The van der Waals surface area contributed by atoms with Crippen molar-refractivity contribution in [2.24, 2.45) is 0 Å². The Morgan fingerprint density at radius 3 is 2.86 bits per heavy atom. The molecule has 0 amide bonds. The van der Waals surface area contributed by atoms with Crippen LogP contribution < -0.4 is 4.74 Å². The van der Waals surface area contributed by atoms with Gasteiger partial charge in [-0.05, 0) is 56.1 Å². The normalized spacial score (nSPS) is 17.6. The maximum Gasteiger partial charge on any atom is 0.335 e. The number of likely N-dealkylation sites (tertiary alicyclic amines) is 1. The predicted octanol–water partition coefficient (Wildman–Crippen LogP) is 5.05. The molecule has 2 aromatic carbocycles. The summed E-state index contributed by atoms with van der Waals surface area (Å²) in [5.74, 6) is -0.736. The molecule has 0 spiro atoms. The number of aromatic carboxylic acids is 1. The van der Waals surface area contributed by atoms with E-state index in [1.54, 1.807) is 13.2 Å². The Hall–Kier alpha value is -2.86. The summed E-state index contributed by atoms with van der Waals surface area (Å²) in [6.07, 6.45) is 4.84. The maximum absolute atomic E-state index is 14.8. The number of H-pyrrole nitrogens is 1. The second kappa shape index (κ2) is 7.87. The molecule has 1 aromatic heterocycles. The molecule has 0 bridgehead atoms. The first-order valence-corrected chi connectivity index (χ1v) is 9.90. The van der Waals surface area contributed by atoms with Crippen molar-refractivity contribution in [2.75, 3.05) is 13.7 Å². The summed E-state index contributed by atoms with van der Waals surface area (Å²) in [5.41, 5.74) is 3.83. The van der Waals surface area contributed by atoms with Gasteiger partial charge in [-0.1, -0.05) is 12.5 Å². The SMILES string of the molecule is COc1cc(C)c2[nH]ccc2c1CN1CCCC[C@H]1c1ccc(C(=O)O)cc1F. The highest BCUT2D eigenvalue weighted by Crippen LogP contribution is 2.37. The molecule has 152 valence electrons. The van der Waals surface area contributed by atoms with Crippen molar-refractivity contribution in [1.29, 1.82) is 0 Å². The first kappa shape index (κ1) is 19.5. The number of piperidine rings is 1. The van der Waals surface area contributed by atoms with Gasteiger partial charge in [-0.2, -0.15) is 0 Å². The van der Waals surface area contributed by atoms with Gasteiger partial charge in [-0.3, -0.25) is 4.90 Å². The second-order valence-corrected chi connectivity index (χ2v) is 7.66. The van der Waals surface area contributed by atoms with Crippen LogP contribution in [0.25, 0.3) is 10.9 Å². The van der Waals surface area contributed by atoms with Crippen molar-refractivity contribution in [3.8, 4) is 5.75 Å². The summed E-state index contributed by atoms with van der Waals surface area (Å²) in [6.45, 7) is 3.55. The van der Waals surface area contributed by atoms with Crippen molar-refractivity contribution >= 4 is 16.9 Å². The molecule has 5 nitrogen and oxygen atoms in total. The van der Waals surface area contributed by atoms with E-state index in [1.165, 1.54) is 6.07 Å². The Morgan fingerprint density at radius 1 is 1.31 bits per heavy atom. The van der Waals surface area contributed by atoms with Crippen LogP contribution in [0.3, 0.4) is 0 Å². The number of aryl methyl sites for hydroxylation is 1. The molecule has 4 rings (SSSR count). The van der Waals surface area contributed by atoms with Gasteiger partial charge in [0.15, 0.2) is 0 Å². The molecule has 2 heterocycles. The molecule has 1 fully saturated rings. The van der Waals surface area contributed by atoms with E-state index in [-0.39, 0.29) is 11.6 Å². The van der Waals surface area contributed by atoms with Crippen molar-refractivity contribution < 1.29 is 19.0 Å². The molecule has 2 N–H and O–H groups in total. The number of methoxy groups -OCH3 is 1. The summed E-state index contributed by atoms with van der Waals surface area (Å²) in [5, 5.41) is 10.2. The van der Waals surface area contributed by atoms with Gasteiger partial charge in [-0.15, -0.1) is 0 Å². The van der Waals surface area contributed by atoms with Crippen LogP contribution in [0.4, 0.5) is 4.39 Å². The lowest BCUT2D eigenvalue weighted by molar-refractivity contribution is 0.0696. The number of benzene rings is 2. The number of fused-ring (bicyclic) bond motifs is 1. The van der Waals surface area contributed by atoms with Crippen LogP contribution >= 0.6 is 0 Å². The highest BCUT2D eigenvalue weighted by atomic mass is 19.1. The van der Waals surface area contributed by atoms with E-state index in [9.17, 15) is 9.18 Å². The fraction of sp³-hybridized carbons (Fsp3) is 0.348. The molecule has 1 aliphatic rings. The molecule has 0 saturated carbocycles. The van der Waals surface area contributed by atoms with E-state index >= 15 is 0 Å². The number of nitrogens with one attached hydrogen (secondary N) is 1. The van der Waals surface area contributed by atoms with Gasteiger partial charge in [0, 0.05) is 40.8 Å². The van der Waals surface area contributed by atoms with Crippen LogP contribution in [0, 0.1) is 12.7 Å². The smallest absolute Gasteiger partial charge is 0.335 e. The van der Waals surface area contributed by atoms with Crippen LogP contribution in [0.2, 0.25) is 0 Å². The molecular formula is C23H25FN2O3. The summed E-state index contributed by atoms with van der Waals surface area (Å²) in [7, 11) is 1.68. The number of aromatic nitrogens is 1. The highest BCUT2D eigenvalue weighted by molar-refractivity contribution is 5.88. The van der Waals surface area contributed by atoms with Gasteiger partial charge >= 0.3 is 5.97 Å². The van der Waals surface area contributed by atoms with Crippen LogP contribution in [0.1, 0.15) is 52.4 Å². The molecule has 3 aromatic rings. The number of rotatable bonds is 5. The molecule has 29 heavy (non-hydrogen) atoms. The standard InChI is InChI=1S/C23H25FN2O3/c1-14-11-21(29-2)18(16-8-9-25-22(14)16)13-26-10-4-3-5-20(26)17-7-6-15(23(27)28)12-19(17)24/h6-9,11-12,20,25H,3-5,10,13H2,1-2H3,(H,27,28)/t20-/m0/s1. The molecule has 6 heteroatoms. The number of carboxylic acid groups (broad SMARTS) is 1. The van der Waals surface area contributed by atoms with Crippen molar-refractivity contribution in [3.05, 3.63) is 64.6 Å². The van der Waals surface area contributed by atoms with E-state index in [0.29, 0.717) is 12.1 Å². The number of aromatic amines is 1. The second-order valence-electron chi connectivity index (χ2n) is 7.66. The summed E-state index contributed by atoms with van der Waals surface area (Å²) in [4.78, 5) is 16.7. The van der Waals surface area contributed by atoms with Gasteiger partial charge in [0.2, 0.25) is 0 Å². The first-order valence-electron chi connectivity index (χ1n) is 9.90. The van der Waals surface area contributed by atoms with E-state index in [1.807, 2.05) is 19.2 Å². The largest absolute Gasteiger partial charge is 0.496 e. The van der Waals surface area contributed by atoms with Crippen LogP contribution in [0.5, 0.6) is 5.75 Å². The number of ether oxygens (including phenoxy) is 1. The van der Waals surface area contributed by atoms with Crippen LogP contribution in [0.15, 0.2) is 36.5 Å². The molecule has 0 radical (unpaired) electrons. The van der Waals surface area contributed by atoms with Gasteiger partial charge in [-0.25, -0.2) is 9.18 Å². The number of hydrogen-bond donors (Lipinski definition) is 2. The fourth-order valence-electron chi connectivity index (χ4n) is 4.45. The van der Waals surface area contributed by atoms with Gasteiger partial charge in [0.1, 0.15) is 11.6 Å². The quantitative estimate of drug-likeness (QED) is 0.633. The zero-order valence-corrected chi connectivity index (χ0v) is 16.7. The van der Waals surface area contributed by atoms with Gasteiger partial charge < -0.3 is 14.8 Å². The average Bonchev–Trinajstić information content (AvgIpc) is 3.21. The van der Waals surface area contributed by atoms with E-state index in [4.69, 9.17) is 9.84 Å². The molecule has 1 atom stereocenters. The number of carboxylic acids is 1. The number of carbonyl (C=O) groups is 1. The zero-order chi connectivity index (χ0) is 20.5. The lowest BCUT2D eigenvalue weighted by Crippen LogP contribution is -2.33. The minimum absolute atomic E-state index is 0.0251. The monoisotopic (exact) mass is 396 g/mol. The van der Waals surface area contributed by atoms with Crippen molar-refractivity contribution in [3.63, 3.8) is 0 Å². The Morgan fingerprint density at radius 2 is 2.14 bits per heavy atom. The van der Waals surface area contributed by atoms with Crippen molar-refractivity contribution in [2.45, 2.75) is 38.8 Å². The molecule has 0 unspecified atom stereocenters. The average molecular weight is 396 g/mol. The number of halogens is 1. The maximum atomic E-state index is 14.8. The Bertz CT molecular complexity index is 1060. The van der Waals surface area contributed by atoms with Gasteiger partial charge in [0.25, 0.3) is 0 Å². The third kappa shape index (κ3) is 3.60. The third-order valence-corrected chi connectivity index (χ3v) is 5.91. The molecular weight excluding hydrogens is 371 g/mol. The minimum atomic E-state index is -1.12. The summed E-state index contributed by atoms with van der Waals surface area (Å²) in [6, 6.07) is 8.24. The first-order chi connectivity index (χ1) is 14.0. The van der Waals surface area contributed by atoms with Gasteiger partial charge in [0.05, 0.1) is 12.7 Å². The Labute approximate surface area is 169 Å². The number of hydrogen-bond acceptors (Lipinski definition) is 3. The lowest BCUT2D eigenvalue weighted by atomic mass is 9.93. The Kier molecular flexibility index (Phi) is 5.28. The zero-order valence-electron chi connectivity index (χ0n) is 16.7. The van der Waals surface area contributed by atoms with E-state index in [2.05, 4.69) is 16.0 Å². The predicted molar refractivity (Wildman–Crippen MR) is 110 cm³/mol. The Balaban J connectivity index is 1.71. The molecule has 1 saturated heterocycles. The third-order valence-electron chi connectivity index (χ3n) is 5.91. The van der Waals surface area contributed by atoms with Crippen LogP contribution in [-0.2, 0) is 6.54 Å². The fourth-order valence-corrected chi connectivity index (χ4v) is 4.45. The molecule has 1 aliphatic heterocycles. The van der Waals surface area contributed by atoms with E-state index in [0.717, 1.165) is 59.7 Å². The summed E-state index contributed by atoms with van der Waals surface area (Å²) < 4.78 is 20.5. The highest BCUT2D eigenvalue weighted by Gasteiger charge is 2.28. The molecule has 0 aliphatic carbocycles. The van der Waals surface area contributed by atoms with Crippen molar-refractivity contribution in [1.82, 2.24) is 9.88 Å². The minimum Gasteiger partial charge on any atom is -0.496 e. The lowest BCUT2D eigenvalue weighted by Gasteiger charge is -2.36. The van der Waals surface area contributed by atoms with E-state index < -0.39 is 11.8 Å². The van der Waals surface area contributed by atoms with Crippen LogP contribution in [-0.4, -0.2) is 34.6 Å². The summed E-state index contributed by atoms with van der Waals surface area (Å²) >= 11 is 0. The topological polar surface area (TPSA) is 65.6 Å².